The number of aromatic nitrogens is 5. The number of rotatable bonds is 9. The maximum Gasteiger partial charge on any atom is 0.231 e. The summed E-state index contributed by atoms with van der Waals surface area (Å²) in [6.07, 6.45) is 7.32. The Morgan fingerprint density at radius 1 is 0.971 bits per heavy atom. The number of nitrogens with zero attached hydrogens (tertiary/aromatic N) is 6. The summed E-state index contributed by atoms with van der Waals surface area (Å²) < 4.78 is 18.0. The molecule has 0 atom stereocenters. The van der Waals surface area contributed by atoms with Gasteiger partial charge in [-0.15, -0.1) is 0 Å². The van der Waals surface area contributed by atoms with Crippen LogP contribution in [0.5, 0.6) is 5.88 Å². The fourth-order valence-electron chi connectivity index (χ4n) is 3.54. The summed E-state index contributed by atoms with van der Waals surface area (Å²) in [7, 11) is 1.63. The first-order chi connectivity index (χ1) is 16.8. The zero-order valence-electron chi connectivity index (χ0n) is 18.8. The van der Waals surface area contributed by atoms with Crippen LogP contribution in [0.25, 0.3) is 5.65 Å². The summed E-state index contributed by atoms with van der Waals surface area (Å²) in [5.41, 5.74) is 2.49. The summed E-state index contributed by atoms with van der Waals surface area (Å²) >= 11 is 0. The van der Waals surface area contributed by atoms with Crippen molar-refractivity contribution < 1.29 is 14.2 Å². The minimum Gasteiger partial charge on any atom is -0.475 e. The smallest absolute Gasteiger partial charge is 0.231 e. The molecule has 1 fully saturated rings. The zero-order chi connectivity index (χ0) is 23.2. The van der Waals surface area contributed by atoms with Gasteiger partial charge >= 0.3 is 0 Å². The number of hydrogen-bond acceptors (Lipinski definition) is 10. The van der Waals surface area contributed by atoms with E-state index in [-0.39, 0.29) is 0 Å². The molecule has 176 valence electrons. The van der Waals surface area contributed by atoms with Crippen LogP contribution < -0.4 is 20.3 Å². The molecule has 11 heteroatoms. The van der Waals surface area contributed by atoms with Crippen molar-refractivity contribution in [1.29, 1.82) is 0 Å². The summed E-state index contributed by atoms with van der Waals surface area (Å²) in [5.74, 6) is 2.48. The number of imidazole rings is 1. The van der Waals surface area contributed by atoms with Crippen LogP contribution in [0.4, 0.5) is 29.0 Å². The van der Waals surface area contributed by atoms with E-state index in [1.54, 1.807) is 25.6 Å². The predicted octanol–water partition coefficient (Wildman–Crippen LogP) is 2.87. The van der Waals surface area contributed by atoms with E-state index in [2.05, 4.69) is 30.5 Å². The molecule has 1 aliphatic rings. The highest BCUT2D eigenvalue weighted by Gasteiger charge is 2.16. The summed E-state index contributed by atoms with van der Waals surface area (Å²) in [6, 6.07) is 9.56. The summed E-state index contributed by atoms with van der Waals surface area (Å²) in [6.45, 7) is 3.82. The molecule has 2 N–H and O–H groups in total. The molecule has 0 bridgehead atoms. The highest BCUT2D eigenvalue weighted by molar-refractivity contribution is 5.66. The Hall–Kier alpha value is -3.96. The van der Waals surface area contributed by atoms with E-state index >= 15 is 0 Å². The van der Waals surface area contributed by atoms with E-state index in [9.17, 15) is 0 Å². The van der Waals surface area contributed by atoms with E-state index in [1.165, 1.54) is 0 Å². The average molecular weight is 463 g/mol. The van der Waals surface area contributed by atoms with Crippen molar-refractivity contribution in [3.63, 3.8) is 0 Å². The van der Waals surface area contributed by atoms with Crippen LogP contribution in [0.2, 0.25) is 0 Å². The molecule has 1 saturated heterocycles. The molecule has 0 aliphatic carbocycles. The molecule has 0 unspecified atom stereocenters. The zero-order valence-corrected chi connectivity index (χ0v) is 18.8. The van der Waals surface area contributed by atoms with Gasteiger partial charge in [-0.2, -0.15) is 9.97 Å². The number of ether oxygens (including phenoxy) is 3. The number of morpholine rings is 1. The average Bonchev–Trinajstić information content (AvgIpc) is 3.34. The molecule has 0 aromatic carbocycles. The van der Waals surface area contributed by atoms with Crippen molar-refractivity contribution >= 4 is 34.6 Å². The standard InChI is InChI=1S/C23H26N8O3/c1-32-12-13-34-22-3-2-18(16-25-22)27-23-28-19(15-21(29-23)31-8-10-33-11-9-31)26-17-4-6-30-7-5-24-20(30)14-17/h2-7,14-16H,8-13H2,1H3,(H2,26,27,28,29). The maximum absolute atomic E-state index is 5.53. The molecule has 34 heavy (non-hydrogen) atoms. The van der Waals surface area contributed by atoms with E-state index in [0.717, 1.165) is 35.9 Å². The second-order valence-corrected chi connectivity index (χ2v) is 7.62. The number of pyridine rings is 2. The fourth-order valence-corrected chi connectivity index (χ4v) is 3.54. The third-order valence-electron chi connectivity index (χ3n) is 5.25. The number of methoxy groups -OCH3 is 1. The molecule has 11 nitrogen and oxygen atoms in total. The molecule has 4 aromatic heterocycles. The third-order valence-corrected chi connectivity index (χ3v) is 5.25. The lowest BCUT2D eigenvalue weighted by Gasteiger charge is -2.28. The topological polar surface area (TPSA) is 111 Å². The van der Waals surface area contributed by atoms with Crippen LogP contribution in [-0.2, 0) is 9.47 Å². The Morgan fingerprint density at radius 2 is 1.88 bits per heavy atom. The maximum atomic E-state index is 5.53. The first-order valence-electron chi connectivity index (χ1n) is 11.0. The number of fused-ring (bicyclic) bond motifs is 1. The Balaban J connectivity index is 1.37. The van der Waals surface area contributed by atoms with Gasteiger partial charge in [0, 0.05) is 62.7 Å². The highest BCUT2D eigenvalue weighted by atomic mass is 16.5. The van der Waals surface area contributed by atoms with Crippen molar-refractivity contribution in [2.75, 3.05) is 62.2 Å². The summed E-state index contributed by atoms with van der Waals surface area (Å²) in [4.78, 5) is 20.3. The van der Waals surface area contributed by atoms with Gasteiger partial charge in [-0.3, -0.25) is 0 Å². The fraction of sp³-hybridized carbons (Fsp3) is 0.304. The SMILES string of the molecule is COCCOc1ccc(Nc2nc(Nc3ccn4ccnc4c3)cc(N3CCOCC3)n2)cn1. The van der Waals surface area contributed by atoms with Gasteiger partial charge in [0.25, 0.3) is 0 Å². The van der Waals surface area contributed by atoms with E-state index in [0.29, 0.717) is 44.1 Å². The lowest BCUT2D eigenvalue weighted by molar-refractivity contribution is 0.122. The normalized spacial score (nSPS) is 13.7. The summed E-state index contributed by atoms with van der Waals surface area (Å²) in [5, 5.41) is 6.63. The minimum absolute atomic E-state index is 0.445. The lowest BCUT2D eigenvalue weighted by Crippen LogP contribution is -2.36. The largest absolute Gasteiger partial charge is 0.475 e. The van der Waals surface area contributed by atoms with E-state index in [4.69, 9.17) is 19.2 Å². The minimum atomic E-state index is 0.445. The molecule has 0 spiro atoms. The number of nitrogens with one attached hydrogen (secondary N) is 2. The molecule has 4 aromatic rings. The first-order valence-corrected chi connectivity index (χ1v) is 11.0. The van der Waals surface area contributed by atoms with Crippen molar-refractivity contribution in [2.45, 2.75) is 0 Å². The Kier molecular flexibility index (Phi) is 6.64. The Labute approximate surface area is 196 Å². The number of hydrogen-bond donors (Lipinski definition) is 2. The molecule has 5 rings (SSSR count). The molecule has 0 radical (unpaired) electrons. The number of anilines is 5. The second-order valence-electron chi connectivity index (χ2n) is 7.62. The van der Waals surface area contributed by atoms with Gasteiger partial charge in [0.15, 0.2) is 0 Å². The van der Waals surface area contributed by atoms with Gasteiger partial charge in [-0.05, 0) is 12.1 Å². The monoisotopic (exact) mass is 462 g/mol. The van der Waals surface area contributed by atoms with E-state index in [1.807, 2.05) is 41.1 Å². The van der Waals surface area contributed by atoms with E-state index < -0.39 is 0 Å². The highest BCUT2D eigenvalue weighted by Crippen LogP contribution is 2.25. The third kappa shape index (κ3) is 5.33. The van der Waals surface area contributed by atoms with Gasteiger partial charge in [0.05, 0.1) is 31.7 Å². The molecule has 0 saturated carbocycles. The molecular formula is C23H26N8O3. The Morgan fingerprint density at radius 3 is 2.71 bits per heavy atom. The Bertz CT molecular complexity index is 1220. The van der Waals surface area contributed by atoms with Gasteiger partial charge in [-0.1, -0.05) is 0 Å². The first kappa shape index (κ1) is 21.9. The van der Waals surface area contributed by atoms with Crippen LogP contribution in [0.3, 0.4) is 0 Å². The van der Waals surface area contributed by atoms with Crippen molar-refractivity contribution in [3.8, 4) is 5.88 Å². The molecule has 5 heterocycles. The molecular weight excluding hydrogens is 436 g/mol. The van der Waals surface area contributed by atoms with Crippen LogP contribution >= 0.6 is 0 Å². The molecule has 1 aliphatic heterocycles. The van der Waals surface area contributed by atoms with Gasteiger partial charge in [0.2, 0.25) is 11.8 Å². The van der Waals surface area contributed by atoms with Crippen molar-refractivity contribution in [1.82, 2.24) is 24.3 Å². The predicted molar refractivity (Wildman–Crippen MR) is 128 cm³/mol. The molecule has 0 amide bonds. The van der Waals surface area contributed by atoms with Gasteiger partial charge < -0.3 is 34.1 Å². The van der Waals surface area contributed by atoms with Gasteiger partial charge in [-0.25, -0.2) is 9.97 Å². The van der Waals surface area contributed by atoms with Crippen LogP contribution in [0, 0.1) is 0 Å². The van der Waals surface area contributed by atoms with Crippen LogP contribution in [0.15, 0.2) is 55.1 Å². The quantitative estimate of drug-likeness (QED) is 0.360. The second kappa shape index (κ2) is 10.3. The van der Waals surface area contributed by atoms with Crippen LogP contribution in [-0.4, -0.2) is 71.0 Å². The van der Waals surface area contributed by atoms with Gasteiger partial charge in [0.1, 0.15) is 23.9 Å². The van der Waals surface area contributed by atoms with Crippen molar-refractivity contribution in [3.05, 3.63) is 55.1 Å². The lowest BCUT2D eigenvalue weighted by atomic mass is 10.3. The van der Waals surface area contributed by atoms with Crippen LogP contribution in [0.1, 0.15) is 0 Å². The van der Waals surface area contributed by atoms with Crippen molar-refractivity contribution in [2.24, 2.45) is 0 Å².